The molecular formula is C20H19IN2O. The maximum Gasteiger partial charge on any atom is 0.217 e. The Hall–Kier alpha value is -1.95. The Morgan fingerprint density at radius 1 is 1.17 bits per heavy atom. The van der Waals surface area contributed by atoms with Crippen molar-refractivity contribution in [2.45, 2.75) is 26.3 Å². The van der Waals surface area contributed by atoms with E-state index in [0.717, 1.165) is 23.0 Å². The number of hydrogen-bond acceptors (Lipinski definition) is 2. The summed E-state index contributed by atoms with van der Waals surface area (Å²) in [6.45, 7) is 3.64. The first kappa shape index (κ1) is 16.9. The van der Waals surface area contributed by atoms with Crippen LogP contribution in [0, 0.1) is 10.5 Å². The summed E-state index contributed by atoms with van der Waals surface area (Å²) in [4.78, 5) is 16.5. The standard InChI is InChI=1S/C20H19IN2O/c1-13-11-19(23-18-6-4-3-5-17(13)18)20(22-14(2)24)12-15-7-9-16(21)10-8-15/h3-11,20H,12H2,1-2H3,(H,22,24)/t20-/m0/s1. The average Bonchev–Trinajstić information content (AvgIpc) is 2.56. The molecule has 0 aliphatic carbocycles. The number of carbonyl (C=O) groups is 1. The largest absolute Gasteiger partial charge is 0.348 e. The van der Waals surface area contributed by atoms with Crippen LogP contribution >= 0.6 is 22.6 Å². The minimum atomic E-state index is -0.133. The zero-order valence-corrected chi connectivity index (χ0v) is 15.9. The molecule has 3 nitrogen and oxygen atoms in total. The molecule has 0 spiro atoms. The van der Waals surface area contributed by atoms with Crippen molar-refractivity contribution < 1.29 is 4.79 Å². The Morgan fingerprint density at radius 3 is 2.58 bits per heavy atom. The topological polar surface area (TPSA) is 42.0 Å². The summed E-state index contributed by atoms with van der Waals surface area (Å²) < 4.78 is 1.20. The fourth-order valence-electron chi connectivity index (χ4n) is 2.89. The SMILES string of the molecule is CC(=O)N[C@@H](Cc1ccc(I)cc1)c1cc(C)c2ccccc2n1. The van der Waals surface area contributed by atoms with E-state index in [4.69, 9.17) is 4.98 Å². The Bertz CT molecular complexity index is 874. The van der Waals surface area contributed by atoms with Gasteiger partial charge >= 0.3 is 0 Å². The van der Waals surface area contributed by atoms with Gasteiger partial charge in [0, 0.05) is 15.9 Å². The van der Waals surface area contributed by atoms with E-state index in [2.05, 4.69) is 71.2 Å². The third kappa shape index (κ3) is 3.93. The van der Waals surface area contributed by atoms with E-state index in [9.17, 15) is 4.79 Å². The van der Waals surface area contributed by atoms with Gasteiger partial charge in [-0.3, -0.25) is 9.78 Å². The molecule has 0 saturated heterocycles. The second kappa shape index (κ2) is 7.30. The molecule has 0 aliphatic heterocycles. The molecule has 1 aromatic heterocycles. The van der Waals surface area contributed by atoms with Gasteiger partial charge in [0.15, 0.2) is 0 Å². The zero-order valence-electron chi connectivity index (χ0n) is 13.7. The summed E-state index contributed by atoms with van der Waals surface area (Å²) in [5.74, 6) is -0.0434. The molecular weight excluding hydrogens is 411 g/mol. The lowest BCUT2D eigenvalue weighted by atomic mass is 10.00. The lowest BCUT2D eigenvalue weighted by Crippen LogP contribution is -2.28. The minimum absolute atomic E-state index is 0.0434. The Balaban J connectivity index is 1.99. The van der Waals surface area contributed by atoms with E-state index in [0.29, 0.717) is 0 Å². The Morgan fingerprint density at radius 2 is 1.88 bits per heavy atom. The molecule has 2 aromatic carbocycles. The van der Waals surface area contributed by atoms with E-state index in [1.807, 2.05) is 18.2 Å². The molecule has 4 heteroatoms. The van der Waals surface area contributed by atoms with Crippen LogP contribution in [0.3, 0.4) is 0 Å². The lowest BCUT2D eigenvalue weighted by molar-refractivity contribution is -0.119. The van der Waals surface area contributed by atoms with E-state index in [1.54, 1.807) is 6.92 Å². The highest BCUT2D eigenvalue weighted by Gasteiger charge is 2.16. The third-order valence-corrected chi connectivity index (χ3v) is 4.75. The second-order valence-corrected chi connectivity index (χ2v) is 7.21. The molecule has 1 heterocycles. The monoisotopic (exact) mass is 430 g/mol. The molecule has 0 unspecified atom stereocenters. The molecule has 0 fully saturated rings. The van der Waals surface area contributed by atoms with Gasteiger partial charge in [-0.2, -0.15) is 0 Å². The Labute approximate surface area is 155 Å². The fraction of sp³-hybridized carbons (Fsp3) is 0.200. The average molecular weight is 430 g/mol. The number of pyridine rings is 1. The first-order chi connectivity index (χ1) is 11.5. The number of halogens is 1. The summed E-state index contributed by atoms with van der Waals surface area (Å²) in [6, 6.07) is 18.4. The number of aryl methyl sites for hydroxylation is 1. The van der Waals surface area contributed by atoms with Crippen LogP contribution < -0.4 is 5.32 Å². The van der Waals surface area contributed by atoms with E-state index < -0.39 is 0 Å². The maximum atomic E-state index is 11.7. The number of nitrogens with one attached hydrogen (secondary N) is 1. The van der Waals surface area contributed by atoms with Gasteiger partial charge in [-0.1, -0.05) is 30.3 Å². The number of rotatable bonds is 4. The number of aromatic nitrogens is 1. The van der Waals surface area contributed by atoms with Gasteiger partial charge in [0.1, 0.15) is 0 Å². The molecule has 0 bridgehead atoms. The molecule has 1 atom stereocenters. The minimum Gasteiger partial charge on any atom is -0.348 e. The first-order valence-corrected chi connectivity index (χ1v) is 8.98. The molecule has 1 N–H and O–H groups in total. The highest BCUT2D eigenvalue weighted by atomic mass is 127. The summed E-state index contributed by atoms with van der Waals surface area (Å²) in [7, 11) is 0. The van der Waals surface area contributed by atoms with Crippen molar-refractivity contribution in [3.63, 3.8) is 0 Å². The smallest absolute Gasteiger partial charge is 0.217 e. The summed E-state index contributed by atoms with van der Waals surface area (Å²) in [6.07, 6.45) is 0.723. The van der Waals surface area contributed by atoms with Gasteiger partial charge in [0.2, 0.25) is 5.91 Å². The Kier molecular flexibility index (Phi) is 5.14. The molecule has 0 saturated carbocycles. The quantitative estimate of drug-likeness (QED) is 0.617. The van der Waals surface area contributed by atoms with Crippen LogP contribution in [0.1, 0.15) is 29.8 Å². The van der Waals surface area contributed by atoms with E-state index in [1.165, 1.54) is 14.7 Å². The highest BCUT2D eigenvalue weighted by Crippen LogP contribution is 2.23. The van der Waals surface area contributed by atoms with Crippen molar-refractivity contribution >= 4 is 39.4 Å². The third-order valence-electron chi connectivity index (χ3n) is 4.03. The van der Waals surface area contributed by atoms with Crippen molar-refractivity contribution in [1.29, 1.82) is 0 Å². The van der Waals surface area contributed by atoms with Crippen molar-refractivity contribution in [2.75, 3.05) is 0 Å². The molecule has 122 valence electrons. The first-order valence-electron chi connectivity index (χ1n) is 7.91. The van der Waals surface area contributed by atoms with Crippen LogP contribution in [-0.2, 0) is 11.2 Å². The van der Waals surface area contributed by atoms with Gasteiger partial charge in [-0.15, -0.1) is 0 Å². The van der Waals surface area contributed by atoms with Gasteiger partial charge in [0.25, 0.3) is 0 Å². The fourth-order valence-corrected chi connectivity index (χ4v) is 3.24. The van der Waals surface area contributed by atoms with Gasteiger partial charge < -0.3 is 5.32 Å². The van der Waals surface area contributed by atoms with Crippen molar-refractivity contribution in [2.24, 2.45) is 0 Å². The predicted octanol–water partition coefficient (Wildman–Crippen LogP) is 4.57. The molecule has 3 aromatic rings. The van der Waals surface area contributed by atoms with Crippen LogP contribution in [-0.4, -0.2) is 10.9 Å². The molecule has 24 heavy (non-hydrogen) atoms. The number of benzene rings is 2. The van der Waals surface area contributed by atoms with E-state index in [-0.39, 0.29) is 11.9 Å². The predicted molar refractivity (Wildman–Crippen MR) is 106 cm³/mol. The van der Waals surface area contributed by atoms with Gasteiger partial charge in [-0.05, 0) is 71.3 Å². The highest BCUT2D eigenvalue weighted by molar-refractivity contribution is 14.1. The number of amides is 1. The summed E-state index contributed by atoms with van der Waals surface area (Å²) in [5, 5.41) is 4.20. The number of para-hydroxylation sites is 1. The molecule has 1 amide bonds. The lowest BCUT2D eigenvalue weighted by Gasteiger charge is -2.19. The number of hydrogen-bond donors (Lipinski definition) is 1. The van der Waals surface area contributed by atoms with Crippen LogP contribution in [0.2, 0.25) is 0 Å². The van der Waals surface area contributed by atoms with Crippen LogP contribution in [0.4, 0.5) is 0 Å². The van der Waals surface area contributed by atoms with Crippen LogP contribution in [0.15, 0.2) is 54.6 Å². The van der Waals surface area contributed by atoms with Gasteiger partial charge in [-0.25, -0.2) is 0 Å². The number of carbonyl (C=O) groups excluding carboxylic acids is 1. The second-order valence-electron chi connectivity index (χ2n) is 5.96. The van der Waals surface area contributed by atoms with Crippen molar-refractivity contribution in [3.05, 3.63) is 75.0 Å². The number of fused-ring (bicyclic) bond motifs is 1. The summed E-state index contributed by atoms with van der Waals surface area (Å²) in [5.41, 5.74) is 4.22. The van der Waals surface area contributed by atoms with Crippen LogP contribution in [0.5, 0.6) is 0 Å². The molecule has 3 rings (SSSR count). The number of nitrogens with zero attached hydrogens (tertiary/aromatic N) is 1. The van der Waals surface area contributed by atoms with Crippen molar-refractivity contribution in [1.82, 2.24) is 10.3 Å². The van der Waals surface area contributed by atoms with Gasteiger partial charge in [0.05, 0.1) is 17.3 Å². The molecule has 0 aliphatic rings. The van der Waals surface area contributed by atoms with Crippen LogP contribution in [0.25, 0.3) is 10.9 Å². The zero-order chi connectivity index (χ0) is 17.1. The van der Waals surface area contributed by atoms with Crippen molar-refractivity contribution in [3.8, 4) is 0 Å². The maximum absolute atomic E-state index is 11.7. The summed E-state index contributed by atoms with van der Waals surface area (Å²) >= 11 is 2.29. The van der Waals surface area contributed by atoms with E-state index >= 15 is 0 Å². The molecule has 0 radical (unpaired) electrons. The normalized spacial score (nSPS) is 12.1.